The Kier molecular flexibility index (Phi) is 9.67. The molecule has 0 amide bonds. The van der Waals surface area contributed by atoms with Crippen molar-refractivity contribution in [3.05, 3.63) is 51.5 Å². The number of nitrogens with zero attached hydrogens (tertiary/aromatic N) is 3. The maximum Gasteiger partial charge on any atom is 0.191 e. The zero-order valence-electron chi connectivity index (χ0n) is 17.1. The Morgan fingerprint density at radius 2 is 1.93 bits per heavy atom. The molecule has 28 heavy (non-hydrogen) atoms. The molecule has 2 heterocycles. The number of piperidine rings is 1. The maximum absolute atomic E-state index is 4.38. The summed E-state index contributed by atoms with van der Waals surface area (Å²) >= 11 is 1.71. The molecule has 0 saturated carbocycles. The fourth-order valence-electron chi connectivity index (χ4n) is 3.37. The number of thiazole rings is 1. The molecule has 7 heteroatoms. The third-order valence-corrected chi connectivity index (χ3v) is 5.95. The highest BCUT2D eigenvalue weighted by molar-refractivity contribution is 14.0. The minimum atomic E-state index is 0. The monoisotopic (exact) mass is 513 g/mol. The molecule has 3 rings (SSSR count). The van der Waals surface area contributed by atoms with Crippen molar-refractivity contribution < 1.29 is 0 Å². The lowest BCUT2D eigenvalue weighted by atomic mass is 9.98. The van der Waals surface area contributed by atoms with Crippen LogP contribution in [-0.2, 0) is 19.6 Å². The Labute approximate surface area is 190 Å². The van der Waals surface area contributed by atoms with Gasteiger partial charge >= 0.3 is 0 Å². The van der Waals surface area contributed by atoms with Crippen LogP contribution in [0.2, 0.25) is 0 Å². The molecule has 154 valence electrons. The lowest BCUT2D eigenvalue weighted by molar-refractivity contribution is 0.185. The highest BCUT2D eigenvalue weighted by Gasteiger charge is 2.15. The van der Waals surface area contributed by atoms with E-state index in [1.165, 1.54) is 41.9 Å². The highest BCUT2D eigenvalue weighted by atomic mass is 127. The van der Waals surface area contributed by atoms with E-state index in [0.717, 1.165) is 30.0 Å². The normalized spacial score (nSPS) is 15.9. The second kappa shape index (κ2) is 11.7. The number of aliphatic imine (C=N–C) groups is 1. The van der Waals surface area contributed by atoms with Crippen molar-refractivity contribution in [1.29, 1.82) is 0 Å². The van der Waals surface area contributed by atoms with E-state index in [2.05, 4.69) is 63.6 Å². The summed E-state index contributed by atoms with van der Waals surface area (Å²) in [5.74, 6) is 1.68. The zero-order chi connectivity index (χ0) is 19.1. The number of hydrogen-bond donors (Lipinski definition) is 2. The van der Waals surface area contributed by atoms with Crippen molar-refractivity contribution in [3.63, 3.8) is 0 Å². The number of aromatic nitrogens is 1. The van der Waals surface area contributed by atoms with Crippen LogP contribution < -0.4 is 10.6 Å². The molecule has 0 unspecified atom stereocenters. The Balaban J connectivity index is 0.00000280. The Hall–Kier alpha value is -1.19. The van der Waals surface area contributed by atoms with Gasteiger partial charge in [-0.2, -0.15) is 0 Å². The molecule has 1 aromatic heterocycles. The van der Waals surface area contributed by atoms with Crippen molar-refractivity contribution in [2.75, 3.05) is 20.1 Å². The van der Waals surface area contributed by atoms with Gasteiger partial charge in [0.15, 0.2) is 5.96 Å². The molecular formula is C21H32IN5S. The minimum Gasteiger partial charge on any atom is -0.352 e. The summed E-state index contributed by atoms with van der Waals surface area (Å²) in [5, 5.41) is 7.81. The zero-order valence-corrected chi connectivity index (χ0v) is 20.2. The average molecular weight is 513 g/mol. The van der Waals surface area contributed by atoms with E-state index in [1.54, 1.807) is 18.4 Å². The molecule has 1 aliphatic rings. The van der Waals surface area contributed by atoms with E-state index in [-0.39, 0.29) is 24.0 Å². The first-order valence-corrected chi connectivity index (χ1v) is 10.6. The van der Waals surface area contributed by atoms with Crippen LogP contribution in [0.15, 0.2) is 35.5 Å². The third kappa shape index (κ3) is 7.33. The van der Waals surface area contributed by atoms with Gasteiger partial charge in [-0.05, 0) is 49.9 Å². The van der Waals surface area contributed by atoms with Crippen LogP contribution in [0.1, 0.15) is 40.8 Å². The van der Waals surface area contributed by atoms with Crippen molar-refractivity contribution in [2.45, 2.75) is 46.3 Å². The molecule has 0 atom stereocenters. The van der Waals surface area contributed by atoms with Crippen molar-refractivity contribution in [2.24, 2.45) is 10.9 Å². The number of benzene rings is 1. The van der Waals surface area contributed by atoms with Crippen LogP contribution >= 0.6 is 35.3 Å². The molecule has 0 bridgehead atoms. The van der Waals surface area contributed by atoms with Gasteiger partial charge in [0, 0.05) is 31.2 Å². The maximum atomic E-state index is 4.38. The van der Waals surface area contributed by atoms with Gasteiger partial charge in [0.25, 0.3) is 0 Å². The van der Waals surface area contributed by atoms with E-state index < -0.39 is 0 Å². The Bertz CT molecular complexity index is 753. The van der Waals surface area contributed by atoms with Crippen LogP contribution in [0.3, 0.4) is 0 Å². The van der Waals surface area contributed by atoms with Crippen LogP contribution in [0, 0.1) is 12.8 Å². The average Bonchev–Trinajstić information content (AvgIpc) is 3.09. The first-order chi connectivity index (χ1) is 13.1. The number of aryl methyl sites for hydroxylation is 1. The van der Waals surface area contributed by atoms with E-state index >= 15 is 0 Å². The van der Waals surface area contributed by atoms with Gasteiger partial charge in [-0.1, -0.05) is 31.2 Å². The quantitative estimate of drug-likeness (QED) is 0.346. The van der Waals surface area contributed by atoms with E-state index in [4.69, 9.17) is 0 Å². The predicted molar refractivity (Wildman–Crippen MR) is 129 cm³/mol. The minimum absolute atomic E-state index is 0. The van der Waals surface area contributed by atoms with Crippen molar-refractivity contribution in [1.82, 2.24) is 20.5 Å². The van der Waals surface area contributed by atoms with Gasteiger partial charge in [0.1, 0.15) is 5.01 Å². The van der Waals surface area contributed by atoms with Gasteiger partial charge in [-0.15, -0.1) is 35.3 Å². The lowest BCUT2D eigenvalue weighted by Crippen LogP contribution is -2.36. The molecular weight excluding hydrogens is 481 g/mol. The molecule has 1 fully saturated rings. The smallest absolute Gasteiger partial charge is 0.191 e. The number of likely N-dealkylation sites (tertiary alicyclic amines) is 1. The van der Waals surface area contributed by atoms with Gasteiger partial charge in [-0.25, -0.2) is 4.98 Å². The van der Waals surface area contributed by atoms with Gasteiger partial charge in [0.05, 0.1) is 6.54 Å². The van der Waals surface area contributed by atoms with Gasteiger partial charge in [0.2, 0.25) is 0 Å². The number of guanidine groups is 1. The fraction of sp³-hybridized carbons (Fsp3) is 0.524. The van der Waals surface area contributed by atoms with E-state index in [1.807, 2.05) is 6.20 Å². The molecule has 2 N–H and O–H groups in total. The summed E-state index contributed by atoms with van der Waals surface area (Å²) in [5.41, 5.74) is 2.68. The second-order valence-corrected chi connectivity index (χ2v) is 8.74. The molecule has 5 nitrogen and oxygen atoms in total. The summed E-state index contributed by atoms with van der Waals surface area (Å²) in [6.07, 6.45) is 4.55. The Morgan fingerprint density at radius 3 is 2.61 bits per heavy atom. The standard InChI is InChI=1S/C21H31N5S.HI/c1-16-7-9-26(10-8-16)15-19-6-4-5-18(11-19)13-24-21(22-3)25-14-20-23-12-17(2)27-20;/h4-6,11-12,16H,7-10,13-15H2,1-3H3,(H2,22,24,25);1H. The van der Waals surface area contributed by atoms with Crippen LogP contribution in [-0.4, -0.2) is 36.0 Å². The molecule has 2 aromatic rings. The SMILES string of the molecule is CN=C(NCc1cccc(CN2CCC(C)CC2)c1)NCc1ncc(C)s1.I. The molecule has 0 radical (unpaired) electrons. The largest absolute Gasteiger partial charge is 0.352 e. The van der Waals surface area contributed by atoms with Crippen molar-refractivity contribution >= 4 is 41.3 Å². The van der Waals surface area contributed by atoms with Gasteiger partial charge < -0.3 is 10.6 Å². The highest BCUT2D eigenvalue weighted by Crippen LogP contribution is 2.18. The summed E-state index contributed by atoms with van der Waals surface area (Å²) < 4.78 is 0. The predicted octanol–water partition coefficient (Wildman–Crippen LogP) is 4.17. The number of hydrogen-bond acceptors (Lipinski definition) is 4. The molecule has 0 spiro atoms. The fourth-order valence-corrected chi connectivity index (χ4v) is 4.09. The number of rotatable bonds is 6. The van der Waals surface area contributed by atoms with Crippen LogP contribution in [0.25, 0.3) is 0 Å². The third-order valence-electron chi connectivity index (χ3n) is 5.03. The lowest BCUT2D eigenvalue weighted by Gasteiger charge is -2.30. The van der Waals surface area contributed by atoms with Crippen molar-refractivity contribution in [3.8, 4) is 0 Å². The number of halogens is 1. The molecule has 1 saturated heterocycles. The van der Waals surface area contributed by atoms with E-state index in [0.29, 0.717) is 6.54 Å². The van der Waals surface area contributed by atoms with Crippen LogP contribution in [0.5, 0.6) is 0 Å². The topological polar surface area (TPSA) is 52.6 Å². The van der Waals surface area contributed by atoms with Gasteiger partial charge in [-0.3, -0.25) is 9.89 Å². The first kappa shape index (κ1) is 23.1. The summed E-state index contributed by atoms with van der Waals surface area (Å²) in [6, 6.07) is 8.88. The second-order valence-electron chi connectivity index (χ2n) is 7.42. The van der Waals surface area contributed by atoms with Crippen LogP contribution in [0.4, 0.5) is 0 Å². The summed E-state index contributed by atoms with van der Waals surface area (Å²) in [7, 11) is 1.80. The molecule has 0 aliphatic carbocycles. The molecule has 1 aromatic carbocycles. The molecule has 1 aliphatic heterocycles. The number of nitrogens with one attached hydrogen (secondary N) is 2. The summed E-state index contributed by atoms with van der Waals surface area (Å²) in [4.78, 5) is 12.5. The first-order valence-electron chi connectivity index (χ1n) is 9.78. The van der Waals surface area contributed by atoms with E-state index in [9.17, 15) is 0 Å². The summed E-state index contributed by atoms with van der Waals surface area (Å²) in [6.45, 7) is 9.39. The Morgan fingerprint density at radius 1 is 1.21 bits per heavy atom.